The van der Waals surface area contributed by atoms with Gasteiger partial charge in [0, 0.05) is 25.2 Å². The predicted octanol–water partition coefficient (Wildman–Crippen LogP) is 3.14. The number of hydrogen-bond acceptors (Lipinski definition) is 4. The lowest BCUT2D eigenvalue weighted by Crippen LogP contribution is -2.39. The third-order valence-electron chi connectivity index (χ3n) is 5.33. The van der Waals surface area contributed by atoms with Crippen molar-refractivity contribution in [1.29, 1.82) is 0 Å². The number of carbonyl (C=O) groups is 1. The summed E-state index contributed by atoms with van der Waals surface area (Å²) in [6, 6.07) is 2.19. The minimum Gasteiger partial charge on any atom is -0.477 e. The molecule has 0 amide bonds. The van der Waals surface area contributed by atoms with Gasteiger partial charge in [0.25, 0.3) is 0 Å². The fraction of sp³-hybridized carbons (Fsp3) is 0.474. The lowest BCUT2D eigenvalue weighted by atomic mass is 10.1. The molecule has 4 rings (SSSR count). The van der Waals surface area contributed by atoms with Crippen LogP contribution in [0.25, 0.3) is 10.9 Å². The highest BCUT2D eigenvalue weighted by molar-refractivity contribution is 6.35. The van der Waals surface area contributed by atoms with Gasteiger partial charge in [0.1, 0.15) is 17.2 Å². The van der Waals surface area contributed by atoms with Crippen LogP contribution in [0.1, 0.15) is 48.5 Å². The number of hydrogen-bond donors (Lipinski definition) is 2. The van der Waals surface area contributed by atoms with Crippen LogP contribution in [0, 0.1) is 5.82 Å². The number of benzene rings is 1. The molecule has 1 aromatic carbocycles. The molecule has 1 saturated heterocycles. The van der Waals surface area contributed by atoms with E-state index in [1.165, 1.54) is 6.07 Å². The van der Waals surface area contributed by atoms with Gasteiger partial charge >= 0.3 is 5.97 Å². The number of rotatable bonds is 3. The first-order valence-corrected chi connectivity index (χ1v) is 9.57. The monoisotopic (exact) mass is 393 g/mol. The normalized spacial score (nSPS) is 20.7. The standard InChI is InChI=1S/C19H21ClFN3O3/c20-14-8-10(21)7-13-16(14)24(12-4-5-12)18(15(17(13)25)19(26)27)23-6-2-1-3-11(22)9-23/h7-8,11-12H,1-6,9,22H2,(H,26,27)/t11-/m1/s1. The highest BCUT2D eigenvalue weighted by Gasteiger charge is 2.35. The molecule has 3 N–H and O–H groups in total. The van der Waals surface area contributed by atoms with E-state index in [-0.39, 0.29) is 28.1 Å². The Kier molecular flexibility index (Phi) is 4.60. The van der Waals surface area contributed by atoms with E-state index in [0.717, 1.165) is 38.2 Å². The van der Waals surface area contributed by atoms with Crippen LogP contribution in [0.2, 0.25) is 5.02 Å². The van der Waals surface area contributed by atoms with Crippen molar-refractivity contribution < 1.29 is 14.3 Å². The number of aromatic nitrogens is 1. The van der Waals surface area contributed by atoms with Gasteiger partial charge in [-0.25, -0.2) is 9.18 Å². The second-order valence-electron chi connectivity index (χ2n) is 7.42. The molecule has 2 heterocycles. The van der Waals surface area contributed by atoms with Crippen LogP contribution in [0.3, 0.4) is 0 Å². The number of halogens is 2. The number of anilines is 1. The summed E-state index contributed by atoms with van der Waals surface area (Å²) in [5, 5.41) is 9.96. The van der Waals surface area contributed by atoms with Gasteiger partial charge in [-0.1, -0.05) is 18.0 Å². The zero-order valence-corrected chi connectivity index (χ0v) is 15.5. The summed E-state index contributed by atoms with van der Waals surface area (Å²) in [6.07, 6.45) is 4.38. The molecule has 0 unspecified atom stereocenters. The van der Waals surface area contributed by atoms with E-state index < -0.39 is 17.2 Å². The summed E-state index contributed by atoms with van der Waals surface area (Å²) in [5.41, 5.74) is 5.55. The van der Waals surface area contributed by atoms with Crippen molar-refractivity contribution in [3.8, 4) is 0 Å². The second-order valence-corrected chi connectivity index (χ2v) is 7.83. The molecule has 0 spiro atoms. The molecule has 1 aliphatic heterocycles. The zero-order chi connectivity index (χ0) is 19.3. The van der Waals surface area contributed by atoms with Crippen LogP contribution < -0.4 is 16.1 Å². The molecular formula is C19H21ClFN3O3. The number of carboxylic acids is 1. The van der Waals surface area contributed by atoms with Crippen molar-refractivity contribution in [2.75, 3.05) is 18.0 Å². The molecule has 2 fully saturated rings. The Morgan fingerprint density at radius 2 is 2.00 bits per heavy atom. The zero-order valence-electron chi connectivity index (χ0n) is 14.8. The average molecular weight is 394 g/mol. The topological polar surface area (TPSA) is 88.6 Å². The second kappa shape index (κ2) is 6.80. The lowest BCUT2D eigenvalue weighted by molar-refractivity contribution is 0.0695. The van der Waals surface area contributed by atoms with Crippen LogP contribution >= 0.6 is 11.6 Å². The lowest BCUT2D eigenvalue weighted by Gasteiger charge is -2.31. The Labute approximate surface area is 160 Å². The van der Waals surface area contributed by atoms with E-state index >= 15 is 0 Å². The quantitative estimate of drug-likeness (QED) is 0.836. The Morgan fingerprint density at radius 1 is 1.26 bits per heavy atom. The van der Waals surface area contributed by atoms with Crippen LogP contribution in [0.4, 0.5) is 10.2 Å². The van der Waals surface area contributed by atoms with Gasteiger partial charge in [0.15, 0.2) is 0 Å². The van der Waals surface area contributed by atoms with E-state index in [9.17, 15) is 19.1 Å². The highest BCUT2D eigenvalue weighted by Crippen LogP contribution is 2.43. The smallest absolute Gasteiger partial charge is 0.343 e. The predicted molar refractivity (Wildman–Crippen MR) is 102 cm³/mol. The third kappa shape index (κ3) is 3.19. The molecule has 1 aliphatic carbocycles. The van der Waals surface area contributed by atoms with Crippen LogP contribution in [0.5, 0.6) is 0 Å². The molecule has 1 atom stereocenters. The summed E-state index contributed by atoms with van der Waals surface area (Å²) in [4.78, 5) is 27.0. The van der Waals surface area contributed by atoms with Crippen molar-refractivity contribution in [2.24, 2.45) is 5.73 Å². The summed E-state index contributed by atoms with van der Waals surface area (Å²) in [7, 11) is 0. The fourth-order valence-corrected chi connectivity index (χ4v) is 4.30. The number of nitrogens with two attached hydrogens (primary N) is 1. The van der Waals surface area contributed by atoms with E-state index in [1.54, 1.807) is 0 Å². The minimum absolute atomic E-state index is 0.00664. The van der Waals surface area contributed by atoms with Crippen LogP contribution in [-0.2, 0) is 0 Å². The van der Waals surface area contributed by atoms with Crippen LogP contribution in [0.15, 0.2) is 16.9 Å². The molecular weight excluding hydrogens is 373 g/mol. The van der Waals surface area contributed by atoms with Gasteiger partial charge < -0.3 is 20.3 Å². The molecule has 8 heteroatoms. The summed E-state index contributed by atoms with van der Waals surface area (Å²) in [5.74, 6) is -1.62. The molecule has 1 aromatic heterocycles. The van der Waals surface area contributed by atoms with E-state index in [2.05, 4.69) is 0 Å². The van der Waals surface area contributed by atoms with Crippen molar-refractivity contribution in [2.45, 2.75) is 44.2 Å². The first kappa shape index (κ1) is 18.3. The maximum Gasteiger partial charge on any atom is 0.343 e. The molecule has 1 saturated carbocycles. The van der Waals surface area contributed by atoms with Crippen molar-refractivity contribution >= 4 is 34.3 Å². The number of carboxylic acid groups (broad SMARTS) is 1. The summed E-state index contributed by atoms with van der Waals surface area (Å²) < 4.78 is 15.7. The third-order valence-corrected chi connectivity index (χ3v) is 5.61. The summed E-state index contributed by atoms with van der Waals surface area (Å²) in [6.45, 7) is 1.08. The maximum atomic E-state index is 13.9. The minimum atomic E-state index is -1.32. The Hall–Kier alpha value is -2.12. The number of aromatic carboxylic acids is 1. The highest BCUT2D eigenvalue weighted by atomic mass is 35.5. The van der Waals surface area contributed by atoms with Gasteiger partial charge in [-0.15, -0.1) is 0 Å². The van der Waals surface area contributed by atoms with Gasteiger partial charge in [0.05, 0.1) is 15.9 Å². The van der Waals surface area contributed by atoms with E-state index in [1.807, 2.05) is 9.47 Å². The number of nitrogens with zero attached hydrogens (tertiary/aromatic N) is 2. The van der Waals surface area contributed by atoms with Crippen LogP contribution in [-0.4, -0.2) is 34.8 Å². The van der Waals surface area contributed by atoms with Gasteiger partial charge in [-0.3, -0.25) is 4.79 Å². The average Bonchev–Trinajstić information content (AvgIpc) is 3.42. The first-order valence-electron chi connectivity index (χ1n) is 9.19. The molecule has 2 aliphatic rings. The number of pyridine rings is 1. The summed E-state index contributed by atoms with van der Waals surface area (Å²) >= 11 is 6.32. The Morgan fingerprint density at radius 3 is 2.67 bits per heavy atom. The Bertz CT molecular complexity index is 987. The molecule has 6 nitrogen and oxygen atoms in total. The Balaban J connectivity index is 2.09. The van der Waals surface area contributed by atoms with Crippen molar-refractivity contribution in [3.63, 3.8) is 0 Å². The maximum absolute atomic E-state index is 13.9. The molecule has 0 bridgehead atoms. The van der Waals surface area contributed by atoms with E-state index in [4.69, 9.17) is 17.3 Å². The fourth-order valence-electron chi connectivity index (χ4n) is 4.01. The van der Waals surface area contributed by atoms with E-state index in [0.29, 0.717) is 24.4 Å². The molecule has 27 heavy (non-hydrogen) atoms. The largest absolute Gasteiger partial charge is 0.477 e. The van der Waals surface area contributed by atoms with Crippen molar-refractivity contribution in [1.82, 2.24) is 4.57 Å². The van der Waals surface area contributed by atoms with Gasteiger partial charge in [-0.05, 0) is 37.8 Å². The van der Waals surface area contributed by atoms with Gasteiger partial charge in [0.2, 0.25) is 5.43 Å². The molecule has 2 aromatic rings. The molecule has 0 radical (unpaired) electrons. The number of fused-ring (bicyclic) bond motifs is 1. The van der Waals surface area contributed by atoms with Gasteiger partial charge in [-0.2, -0.15) is 0 Å². The van der Waals surface area contributed by atoms with Crippen molar-refractivity contribution in [3.05, 3.63) is 38.8 Å². The molecule has 144 valence electrons. The SMILES string of the molecule is N[C@@H]1CCCCN(c2c(C(=O)O)c(=O)c3cc(F)cc(Cl)c3n2C2CC2)C1. The first-order chi connectivity index (χ1) is 12.9.